The highest BCUT2D eigenvalue weighted by molar-refractivity contribution is 8.01. The number of benzene rings is 1. The summed E-state index contributed by atoms with van der Waals surface area (Å²) in [5.41, 5.74) is 0. The average Bonchev–Trinajstić information content (AvgIpc) is 2.67. The Bertz CT molecular complexity index is 425. The minimum absolute atomic E-state index is 0.251. The van der Waals surface area contributed by atoms with Crippen LogP contribution in [0.1, 0.15) is 12.8 Å². The molecule has 0 saturated carbocycles. The van der Waals surface area contributed by atoms with Crippen LogP contribution in [0.3, 0.4) is 0 Å². The zero-order valence-electron chi connectivity index (χ0n) is 8.11. The van der Waals surface area contributed by atoms with Crippen LogP contribution >= 0.6 is 11.8 Å². The molecule has 0 atom stereocenters. The largest absolute Gasteiger partial charge is 0.207 e. The van der Waals surface area contributed by atoms with Crippen LogP contribution in [-0.4, -0.2) is 4.75 Å². The van der Waals surface area contributed by atoms with Crippen LogP contribution in [0.5, 0.6) is 0 Å². The lowest BCUT2D eigenvalue weighted by Crippen LogP contribution is -2.16. The van der Waals surface area contributed by atoms with Gasteiger partial charge in [0.05, 0.1) is 6.07 Å². The third-order valence-electron chi connectivity index (χ3n) is 2.37. The first-order valence-electron chi connectivity index (χ1n) is 4.75. The maximum absolute atomic E-state index is 13.0. The van der Waals surface area contributed by atoms with Crippen molar-refractivity contribution in [2.75, 3.05) is 0 Å². The highest BCUT2D eigenvalue weighted by Gasteiger charge is 2.32. The van der Waals surface area contributed by atoms with Crippen molar-refractivity contribution in [2.45, 2.75) is 22.5 Å². The molecule has 0 fully saturated rings. The zero-order chi connectivity index (χ0) is 10.7. The van der Waals surface area contributed by atoms with E-state index in [2.05, 4.69) is 6.07 Å². The monoisotopic (exact) mass is 219 g/mol. The van der Waals surface area contributed by atoms with Gasteiger partial charge in [0.25, 0.3) is 0 Å². The highest BCUT2D eigenvalue weighted by atomic mass is 32.2. The number of nitriles is 1. The molecular weight excluding hydrogens is 209 g/mol. The Labute approximate surface area is 92.6 Å². The lowest BCUT2D eigenvalue weighted by Gasteiger charge is -2.19. The number of hydrogen-bond acceptors (Lipinski definition) is 2. The molecule has 1 aliphatic carbocycles. The summed E-state index contributed by atoms with van der Waals surface area (Å²) in [6.07, 6.45) is 5.50. The van der Waals surface area contributed by atoms with Gasteiger partial charge in [0.2, 0.25) is 0 Å². The van der Waals surface area contributed by atoms with Crippen LogP contribution in [0.15, 0.2) is 41.3 Å². The van der Waals surface area contributed by atoms with Crippen molar-refractivity contribution in [2.24, 2.45) is 0 Å². The maximum Gasteiger partial charge on any atom is 0.124 e. The number of allylic oxidation sites excluding steroid dienone is 2. The molecule has 0 N–H and O–H groups in total. The quantitative estimate of drug-likeness (QED) is 0.710. The Kier molecular flexibility index (Phi) is 2.79. The van der Waals surface area contributed by atoms with Crippen molar-refractivity contribution < 1.29 is 4.39 Å². The van der Waals surface area contributed by atoms with Crippen molar-refractivity contribution in [3.8, 4) is 6.07 Å². The smallest absolute Gasteiger partial charge is 0.124 e. The molecule has 1 aliphatic rings. The van der Waals surface area contributed by atoms with Gasteiger partial charge in [-0.25, -0.2) is 4.39 Å². The van der Waals surface area contributed by atoms with Gasteiger partial charge in [0.15, 0.2) is 0 Å². The van der Waals surface area contributed by atoms with Crippen molar-refractivity contribution in [1.82, 2.24) is 0 Å². The predicted molar refractivity (Wildman–Crippen MR) is 59.0 cm³/mol. The van der Waals surface area contributed by atoms with E-state index in [0.717, 1.165) is 17.7 Å². The first kappa shape index (κ1) is 10.3. The molecule has 0 amide bonds. The fraction of sp³-hybridized carbons (Fsp3) is 0.250. The molecule has 0 aliphatic heterocycles. The summed E-state index contributed by atoms with van der Waals surface area (Å²) >= 11 is 1.45. The first-order valence-corrected chi connectivity index (χ1v) is 5.57. The molecule has 0 bridgehead atoms. The average molecular weight is 219 g/mol. The third kappa shape index (κ3) is 2.21. The number of rotatable bonds is 2. The second kappa shape index (κ2) is 4.08. The topological polar surface area (TPSA) is 23.8 Å². The molecule has 15 heavy (non-hydrogen) atoms. The Balaban J connectivity index is 2.18. The van der Waals surface area contributed by atoms with Crippen molar-refractivity contribution in [1.29, 1.82) is 5.26 Å². The Morgan fingerprint density at radius 2 is 2.07 bits per heavy atom. The predicted octanol–water partition coefficient (Wildman–Crippen LogP) is 3.53. The van der Waals surface area contributed by atoms with Gasteiger partial charge in [-0.3, -0.25) is 0 Å². The Hall–Kier alpha value is -1.27. The molecule has 0 aromatic heterocycles. The van der Waals surface area contributed by atoms with Crippen molar-refractivity contribution in [3.05, 3.63) is 42.2 Å². The molecule has 0 heterocycles. The van der Waals surface area contributed by atoms with Crippen LogP contribution in [-0.2, 0) is 0 Å². The molecule has 0 saturated heterocycles. The molecule has 2 rings (SSSR count). The van der Waals surface area contributed by atoms with Gasteiger partial charge in [-0.1, -0.05) is 18.2 Å². The van der Waals surface area contributed by atoms with Gasteiger partial charge >= 0.3 is 0 Å². The van der Waals surface area contributed by atoms with E-state index < -0.39 is 4.75 Å². The maximum atomic E-state index is 13.0. The van der Waals surface area contributed by atoms with Crippen LogP contribution in [0, 0.1) is 17.1 Å². The van der Waals surface area contributed by atoms with E-state index in [1.54, 1.807) is 6.07 Å². The number of halogens is 1. The van der Waals surface area contributed by atoms with E-state index in [1.807, 2.05) is 18.2 Å². The lowest BCUT2D eigenvalue weighted by molar-refractivity contribution is 0.624. The fourth-order valence-corrected chi connectivity index (χ4v) is 2.76. The van der Waals surface area contributed by atoms with Crippen LogP contribution in [0.2, 0.25) is 0 Å². The van der Waals surface area contributed by atoms with Gasteiger partial charge in [-0.2, -0.15) is 5.26 Å². The van der Waals surface area contributed by atoms with Gasteiger partial charge < -0.3 is 0 Å². The molecular formula is C12H10FNS. The molecule has 3 heteroatoms. The summed E-state index contributed by atoms with van der Waals surface area (Å²) in [6, 6.07) is 8.72. The molecule has 1 aromatic rings. The zero-order valence-corrected chi connectivity index (χ0v) is 8.93. The Morgan fingerprint density at radius 3 is 2.67 bits per heavy atom. The van der Waals surface area contributed by atoms with Gasteiger partial charge in [0.1, 0.15) is 10.6 Å². The van der Waals surface area contributed by atoms with E-state index in [1.165, 1.54) is 23.9 Å². The second-order valence-corrected chi connectivity index (χ2v) is 5.00. The van der Waals surface area contributed by atoms with Crippen LogP contribution in [0.4, 0.5) is 4.39 Å². The van der Waals surface area contributed by atoms with E-state index in [4.69, 9.17) is 5.26 Å². The summed E-state index contributed by atoms with van der Waals surface area (Å²) in [4.78, 5) is 0.820. The molecule has 0 unspecified atom stereocenters. The first-order chi connectivity index (χ1) is 7.24. The standard InChI is InChI=1S/C12H10FNS/c13-10-4-3-5-11(8-10)15-12(9-14)6-1-2-7-12/h1-5,8H,6-7H2. The fourth-order valence-electron chi connectivity index (χ4n) is 1.58. The minimum Gasteiger partial charge on any atom is -0.207 e. The third-order valence-corrected chi connectivity index (χ3v) is 3.68. The summed E-state index contributed by atoms with van der Waals surface area (Å²) < 4.78 is 12.5. The molecule has 0 spiro atoms. The number of nitrogens with zero attached hydrogens (tertiary/aromatic N) is 1. The summed E-state index contributed by atoms with van der Waals surface area (Å²) in [6.45, 7) is 0. The summed E-state index contributed by atoms with van der Waals surface area (Å²) in [7, 11) is 0. The van der Waals surface area contributed by atoms with E-state index in [0.29, 0.717) is 0 Å². The van der Waals surface area contributed by atoms with Gasteiger partial charge in [0, 0.05) is 4.90 Å². The van der Waals surface area contributed by atoms with Gasteiger partial charge in [-0.05, 0) is 31.0 Å². The highest BCUT2D eigenvalue weighted by Crippen LogP contribution is 2.41. The summed E-state index contributed by atoms with van der Waals surface area (Å²) in [5.74, 6) is -0.251. The second-order valence-electron chi connectivity index (χ2n) is 3.55. The van der Waals surface area contributed by atoms with Crippen molar-refractivity contribution in [3.63, 3.8) is 0 Å². The van der Waals surface area contributed by atoms with Crippen LogP contribution in [0.25, 0.3) is 0 Å². The lowest BCUT2D eigenvalue weighted by atomic mass is 10.1. The molecule has 1 aromatic carbocycles. The molecule has 0 radical (unpaired) electrons. The van der Waals surface area contributed by atoms with E-state index >= 15 is 0 Å². The SMILES string of the molecule is N#CC1(Sc2cccc(F)c2)CC=CC1. The molecule has 76 valence electrons. The van der Waals surface area contributed by atoms with E-state index in [9.17, 15) is 4.39 Å². The number of thioether (sulfide) groups is 1. The normalized spacial score (nSPS) is 17.6. The minimum atomic E-state index is -0.423. The number of hydrogen-bond donors (Lipinski definition) is 0. The van der Waals surface area contributed by atoms with Crippen LogP contribution < -0.4 is 0 Å². The Morgan fingerprint density at radius 1 is 1.33 bits per heavy atom. The van der Waals surface area contributed by atoms with Crippen molar-refractivity contribution >= 4 is 11.8 Å². The summed E-state index contributed by atoms with van der Waals surface area (Å²) in [5, 5.41) is 9.14. The van der Waals surface area contributed by atoms with Gasteiger partial charge in [-0.15, -0.1) is 11.8 Å². The van der Waals surface area contributed by atoms with E-state index in [-0.39, 0.29) is 5.82 Å². The molecule has 1 nitrogen and oxygen atoms in total.